The van der Waals surface area contributed by atoms with Gasteiger partial charge in [-0.15, -0.1) is 22.7 Å². The Labute approximate surface area is 643 Å². The first kappa shape index (κ1) is 64.4. The topological polar surface area (TPSA) is 77.3 Å². The Morgan fingerprint density at radius 3 is 1.04 bits per heavy atom. The Kier molecular flexibility index (Phi) is 15.9. The summed E-state index contributed by atoms with van der Waals surface area (Å²) in [6.07, 6.45) is 0. The van der Waals surface area contributed by atoms with Crippen LogP contribution in [-0.4, -0.2) is 29.9 Å². The van der Waals surface area contributed by atoms with Gasteiger partial charge in [0.2, 0.25) is 0 Å². The van der Waals surface area contributed by atoms with Crippen LogP contribution < -0.4 is 0 Å². The number of fused-ring (bicyclic) bond motifs is 9. The van der Waals surface area contributed by atoms with E-state index in [1.54, 1.807) is 22.7 Å². The standard InChI is InChI=1S/C102H62N6S2/c1-4-29-63(30-5-1)70-38-12-13-40-72(70)81-59-57-65-33-10-11-39-71(65)92(81)79-47-18-20-49-85(79)100-105-98(106-102(108-100)88-54-28-52-84-74-42-23-25-56-91(74)110-96(84)88)69-37-26-36-67(61-69)68-58-60-82(89(62-68)64-31-6-2-7-32-64)94-77-45-16-14-43-75(77)93(76-44-15-17-46-78(76)94)80-48-19-21-50-86(80)99-103-97(66-34-8-3-9-35-66)104-101(107-99)87-53-27-51-83-73-41-22-24-55-90(73)109-95(83)87/h1-62H. The SMILES string of the molecule is c1ccc(-c2nc(-c3ccccc3-c3c4ccccc4c(-c4ccc(-c5cccc(-c6nc(-c7ccccc7-c7c(-c8ccccc8-c8ccccc8)ccc8ccccc78)nc(-c7cccc8c7sc7ccccc78)n6)c5)cc4-c4ccccc4)c4ccccc34)nc(-c3cccc4c3sc3ccccc34)n2)cc1. The molecule has 0 aliphatic heterocycles. The van der Waals surface area contributed by atoms with Gasteiger partial charge in [-0.25, -0.2) is 29.9 Å². The van der Waals surface area contributed by atoms with E-state index >= 15 is 0 Å². The van der Waals surface area contributed by atoms with Gasteiger partial charge >= 0.3 is 0 Å². The maximum Gasteiger partial charge on any atom is 0.165 e. The molecule has 0 bridgehead atoms. The van der Waals surface area contributed by atoms with Crippen LogP contribution in [0.4, 0.5) is 0 Å². The monoisotopic (exact) mass is 1430 g/mol. The van der Waals surface area contributed by atoms with Crippen LogP contribution in [0.2, 0.25) is 0 Å². The van der Waals surface area contributed by atoms with Gasteiger partial charge in [0, 0.05) is 73.7 Å². The van der Waals surface area contributed by atoms with Gasteiger partial charge in [0.05, 0.1) is 0 Å². The maximum absolute atomic E-state index is 5.64. The van der Waals surface area contributed by atoms with Crippen molar-refractivity contribution in [2.24, 2.45) is 0 Å². The molecule has 0 unspecified atom stereocenters. The second-order valence-electron chi connectivity index (χ2n) is 27.8. The zero-order chi connectivity index (χ0) is 72.6. The van der Waals surface area contributed by atoms with Gasteiger partial charge in [-0.05, 0) is 147 Å². The Morgan fingerprint density at radius 2 is 0.491 bits per heavy atom. The number of nitrogens with zero attached hydrogens (tertiary/aromatic N) is 6. The Bertz CT molecular complexity index is 7170. The molecule has 0 N–H and O–H groups in total. The molecule has 0 spiro atoms. The van der Waals surface area contributed by atoms with Gasteiger partial charge < -0.3 is 0 Å². The highest BCUT2D eigenvalue weighted by Crippen LogP contribution is 2.51. The minimum atomic E-state index is 0.573. The summed E-state index contributed by atoms with van der Waals surface area (Å²) in [5.74, 6) is 3.61. The highest BCUT2D eigenvalue weighted by atomic mass is 32.1. The van der Waals surface area contributed by atoms with E-state index in [0.717, 1.165) is 153 Å². The molecule has 0 radical (unpaired) electrons. The van der Waals surface area contributed by atoms with Crippen LogP contribution in [0.1, 0.15) is 0 Å². The van der Waals surface area contributed by atoms with Crippen molar-refractivity contribution < 1.29 is 0 Å². The number of aromatic nitrogens is 6. The van der Waals surface area contributed by atoms with Crippen LogP contribution in [0.3, 0.4) is 0 Å². The third-order valence-corrected chi connectivity index (χ3v) is 23.9. The summed E-state index contributed by atoms with van der Waals surface area (Å²) in [7, 11) is 0. The molecule has 4 heterocycles. The average molecular weight is 1440 g/mol. The van der Waals surface area contributed by atoms with E-state index in [9.17, 15) is 0 Å². The summed E-state index contributed by atoms with van der Waals surface area (Å²) in [6.45, 7) is 0. The van der Waals surface area contributed by atoms with Crippen molar-refractivity contribution in [2.45, 2.75) is 0 Å². The van der Waals surface area contributed by atoms with Crippen molar-refractivity contribution in [1.82, 2.24) is 29.9 Å². The van der Waals surface area contributed by atoms with Crippen LogP contribution >= 0.6 is 22.7 Å². The molecule has 21 rings (SSSR count). The van der Waals surface area contributed by atoms with E-state index in [1.807, 2.05) is 18.2 Å². The zero-order valence-electron chi connectivity index (χ0n) is 59.3. The molecule has 0 fully saturated rings. The first-order valence-electron chi connectivity index (χ1n) is 37.1. The molecule has 0 aliphatic carbocycles. The van der Waals surface area contributed by atoms with E-state index in [0.29, 0.717) is 34.9 Å². The minimum absolute atomic E-state index is 0.573. The zero-order valence-corrected chi connectivity index (χ0v) is 60.9. The molecule has 21 aromatic rings. The summed E-state index contributed by atoms with van der Waals surface area (Å²) in [6, 6.07) is 135. The predicted molar refractivity (Wildman–Crippen MR) is 462 cm³/mol. The molecule has 17 aromatic carbocycles. The maximum atomic E-state index is 5.64. The number of hydrogen-bond donors (Lipinski definition) is 0. The Morgan fingerprint density at radius 1 is 0.155 bits per heavy atom. The lowest BCUT2D eigenvalue weighted by Gasteiger charge is -2.21. The lowest BCUT2D eigenvalue weighted by atomic mass is 9.82. The predicted octanol–water partition coefficient (Wildman–Crippen LogP) is 27.9. The van der Waals surface area contributed by atoms with Crippen molar-refractivity contribution >= 4 is 95.3 Å². The smallest absolute Gasteiger partial charge is 0.165 e. The fraction of sp³-hybridized carbons (Fsp3) is 0. The highest BCUT2D eigenvalue weighted by Gasteiger charge is 2.27. The number of rotatable bonds is 13. The van der Waals surface area contributed by atoms with Crippen LogP contribution in [-0.2, 0) is 0 Å². The molecule has 6 nitrogen and oxygen atoms in total. The highest BCUT2D eigenvalue weighted by molar-refractivity contribution is 7.26. The Hall–Kier alpha value is -14.0. The number of benzene rings is 17. The average Bonchev–Trinajstić information content (AvgIpc) is 1.44. The molecular weight excluding hydrogens is 1370 g/mol. The first-order valence-corrected chi connectivity index (χ1v) is 38.7. The van der Waals surface area contributed by atoms with Gasteiger partial charge in [0.1, 0.15) is 0 Å². The van der Waals surface area contributed by atoms with Gasteiger partial charge in [0.25, 0.3) is 0 Å². The van der Waals surface area contributed by atoms with Crippen LogP contribution in [0.15, 0.2) is 376 Å². The minimum Gasteiger partial charge on any atom is -0.208 e. The normalized spacial score (nSPS) is 11.6. The van der Waals surface area contributed by atoms with E-state index in [1.165, 1.54) is 30.9 Å². The van der Waals surface area contributed by atoms with Crippen molar-refractivity contribution in [3.8, 4) is 146 Å². The van der Waals surface area contributed by atoms with Crippen molar-refractivity contribution in [2.75, 3.05) is 0 Å². The first-order chi connectivity index (χ1) is 54.6. The molecular formula is C102H62N6S2. The lowest BCUT2D eigenvalue weighted by Crippen LogP contribution is -2.02. The molecule has 4 aromatic heterocycles. The van der Waals surface area contributed by atoms with E-state index in [2.05, 4.69) is 358 Å². The number of hydrogen-bond acceptors (Lipinski definition) is 8. The van der Waals surface area contributed by atoms with Crippen LogP contribution in [0.25, 0.3) is 219 Å². The van der Waals surface area contributed by atoms with Crippen LogP contribution in [0, 0.1) is 0 Å². The second-order valence-corrected chi connectivity index (χ2v) is 29.9. The van der Waals surface area contributed by atoms with E-state index < -0.39 is 0 Å². The second kappa shape index (κ2) is 27.1. The Balaban J connectivity index is 0.724. The summed E-state index contributed by atoms with van der Waals surface area (Å²) in [5, 5.41) is 11.6. The molecule has 0 aliphatic rings. The van der Waals surface area contributed by atoms with Gasteiger partial charge in [0.15, 0.2) is 34.9 Å². The molecule has 512 valence electrons. The summed E-state index contributed by atoms with van der Waals surface area (Å²) in [4.78, 5) is 33.0. The van der Waals surface area contributed by atoms with E-state index in [-0.39, 0.29) is 0 Å². The van der Waals surface area contributed by atoms with Gasteiger partial charge in [-0.2, -0.15) is 0 Å². The van der Waals surface area contributed by atoms with Crippen molar-refractivity contribution in [3.05, 3.63) is 376 Å². The molecule has 0 atom stereocenters. The molecule has 0 saturated carbocycles. The quantitative estimate of drug-likeness (QED) is 0.107. The fourth-order valence-electron chi connectivity index (χ4n) is 16.4. The molecule has 8 heteroatoms. The largest absolute Gasteiger partial charge is 0.208 e. The lowest BCUT2D eigenvalue weighted by molar-refractivity contribution is 1.08. The third-order valence-electron chi connectivity index (χ3n) is 21.5. The number of thiophene rings is 2. The van der Waals surface area contributed by atoms with Crippen molar-refractivity contribution in [3.63, 3.8) is 0 Å². The van der Waals surface area contributed by atoms with Crippen LogP contribution in [0.5, 0.6) is 0 Å². The fourth-order valence-corrected chi connectivity index (χ4v) is 18.9. The van der Waals surface area contributed by atoms with Crippen molar-refractivity contribution in [1.29, 1.82) is 0 Å². The molecule has 110 heavy (non-hydrogen) atoms. The van der Waals surface area contributed by atoms with E-state index in [4.69, 9.17) is 29.9 Å². The summed E-state index contributed by atoms with van der Waals surface area (Å²) < 4.78 is 4.72. The third kappa shape index (κ3) is 11.1. The van der Waals surface area contributed by atoms with Gasteiger partial charge in [-0.1, -0.05) is 340 Å². The summed E-state index contributed by atoms with van der Waals surface area (Å²) >= 11 is 3.56. The molecule has 0 saturated heterocycles. The summed E-state index contributed by atoms with van der Waals surface area (Å²) in [5.41, 5.74) is 20.9. The van der Waals surface area contributed by atoms with Gasteiger partial charge in [-0.3, -0.25) is 0 Å². The molecule has 0 amide bonds.